The number of rotatable bonds is 7. The maximum Gasteiger partial charge on any atom is 0.489 e. The maximum absolute atomic E-state index is 13.6. The highest BCUT2D eigenvalue weighted by Crippen LogP contribution is 2.29. The van der Waals surface area contributed by atoms with Gasteiger partial charge in [-0.15, -0.1) is 13.2 Å². The van der Waals surface area contributed by atoms with Crippen molar-refractivity contribution in [3.05, 3.63) is 96.1 Å². The number of halogens is 3. The van der Waals surface area contributed by atoms with Gasteiger partial charge in [0.2, 0.25) is 0 Å². The van der Waals surface area contributed by atoms with Crippen LogP contribution in [-0.2, 0) is 16.1 Å². The van der Waals surface area contributed by atoms with Crippen molar-refractivity contribution in [1.82, 2.24) is 4.90 Å². The summed E-state index contributed by atoms with van der Waals surface area (Å²) in [5.74, 6) is 0. The van der Waals surface area contributed by atoms with Crippen LogP contribution in [0.3, 0.4) is 0 Å². The first-order chi connectivity index (χ1) is 14.9. The van der Waals surface area contributed by atoms with E-state index in [1.165, 1.54) is 7.11 Å². The lowest BCUT2D eigenvalue weighted by Gasteiger charge is -2.28. The van der Waals surface area contributed by atoms with Crippen molar-refractivity contribution in [2.75, 3.05) is 13.7 Å². The van der Waals surface area contributed by atoms with Crippen LogP contribution in [0.1, 0.15) is 17.2 Å². The third-order valence-corrected chi connectivity index (χ3v) is 4.75. The third kappa shape index (κ3) is 6.08. The molecule has 7 heteroatoms. The summed E-state index contributed by atoms with van der Waals surface area (Å²) in [6.07, 6.45) is -7.36. The number of methoxy groups -OCH3 is 1. The quantitative estimate of drug-likeness (QED) is 0.420. The average Bonchev–Trinajstić information content (AvgIpc) is 2.79. The van der Waals surface area contributed by atoms with Gasteiger partial charge < -0.3 is 9.47 Å². The molecule has 162 valence electrons. The van der Waals surface area contributed by atoms with Crippen LogP contribution in [0, 0.1) is 0 Å². The predicted molar refractivity (Wildman–Crippen MR) is 111 cm³/mol. The summed E-state index contributed by atoms with van der Waals surface area (Å²) < 4.78 is 50.8. The van der Waals surface area contributed by atoms with E-state index in [1.807, 2.05) is 42.5 Å². The van der Waals surface area contributed by atoms with E-state index in [9.17, 15) is 18.0 Å². The number of nitrogens with zero attached hydrogens (tertiary/aromatic N) is 1. The van der Waals surface area contributed by atoms with Gasteiger partial charge in [-0.25, -0.2) is 9.69 Å². The molecule has 4 nitrogen and oxygen atoms in total. The van der Waals surface area contributed by atoms with Gasteiger partial charge >= 0.3 is 12.4 Å². The fourth-order valence-corrected chi connectivity index (χ4v) is 3.08. The molecule has 0 radical (unpaired) electrons. The molecule has 0 N–H and O–H groups in total. The summed E-state index contributed by atoms with van der Waals surface area (Å²) in [6, 6.07) is 25.1. The molecule has 1 atom stereocenters. The van der Waals surface area contributed by atoms with Crippen molar-refractivity contribution in [3.63, 3.8) is 0 Å². The fourth-order valence-electron chi connectivity index (χ4n) is 3.08. The first-order valence-corrected chi connectivity index (χ1v) is 9.61. The van der Waals surface area contributed by atoms with Crippen LogP contribution < -0.4 is 0 Å². The van der Waals surface area contributed by atoms with Crippen LogP contribution in [0.4, 0.5) is 18.0 Å². The summed E-state index contributed by atoms with van der Waals surface area (Å²) >= 11 is 0. The normalized spacial score (nSPS) is 12.3. The summed E-state index contributed by atoms with van der Waals surface area (Å²) in [4.78, 5) is 11.9. The first kappa shape index (κ1) is 22.4. The second-order valence-electron chi connectivity index (χ2n) is 6.83. The molecule has 0 spiro atoms. The van der Waals surface area contributed by atoms with E-state index in [0.29, 0.717) is 11.1 Å². The lowest BCUT2D eigenvalue weighted by molar-refractivity contribution is -0.236. The molecule has 0 aliphatic rings. The Kier molecular flexibility index (Phi) is 7.31. The molecule has 1 unspecified atom stereocenters. The van der Waals surface area contributed by atoms with E-state index in [2.05, 4.69) is 0 Å². The number of ether oxygens (including phenoxy) is 2. The van der Waals surface area contributed by atoms with Gasteiger partial charge in [0, 0.05) is 7.11 Å². The summed E-state index contributed by atoms with van der Waals surface area (Å²) in [5, 5.41) is 0. The molecule has 0 aliphatic heterocycles. The number of benzene rings is 3. The number of carbonyl (C=O) groups is 1. The van der Waals surface area contributed by atoms with E-state index in [-0.39, 0.29) is 11.5 Å². The number of alkyl halides is 3. The predicted octanol–water partition coefficient (Wildman–Crippen LogP) is 6.20. The lowest BCUT2D eigenvalue weighted by Crippen LogP contribution is -2.45. The van der Waals surface area contributed by atoms with Gasteiger partial charge in [-0.2, -0.15) is 0 Å². The van der Waals surface area contributed by atoms with Crippen molar-refractivity contribution in [3.8, 4) is 11.1 Å². The standard InChI is InChI=1S/C24H22F3NO3/c1-30-22(21-14-12-20(13-15-21)19-10-6-3-7-11-19)16-28(24(25,26)27)23(29)31-17-18-8-4-2-5-9-18/h2-15,22H,16-17H2,1H3. The molecule has 3 aromatic rings. The fraction of sp³-hybridized carbons (Fsp3) is 0.208. The second-order valence-corrected chi connectivity index (χ2v) is 6.83. The van der Waals surface area contributed by atoms with Crippen molar-refractivity contribution < 1.29 is 27.4 Å². The lowest BCUT2D eigenvalue weighted by atomic mass is 10.0. The van der Waals surface area contributed by atoms with Crippen molar-refractivity contribution in [2.24, 2.45) is 0 Å². The Labute approximate surface area is 178 Å². The van der Waals surface area contributed by atoms with Crippen LogP contribution in [0.2, 0.25) is 0 Å². The molecule has 0 saturated carbocycles. The Hall–Kier alpha value is -3.32. The van der Waals surface area contributed by atoms with E-state index >= 15 is 0 Å². The van der Waals surface area contributed by atoms with Gasteiger partial charge in [-0.1, -0.05) is 84.9 Å². The van der Waals surface area contributed by atoms with Crippen LogP contribution in [0.5, 0.6) is 0 Å². The zero-order valence-corrected chi connectivity index (χ0v) is 16.9. The zero-order chi connectivity index (χ0) is 22.3. The Morgan fingerprint density at radius 2 is 1.42 bits per heavy atom. The van der Waals surface area contributed by atoms with E-state index in [1.54, 1.807) is 42.5 Å². The molecule has 3 aromatic carbocycles. The second kappa shape index (κ2) is 10.1. The molecular formula is C24H22F3NO3. The SMILES string of the molecule is COC(CN(C(=O)OCc1ccccc1)C(F)(F)F)c1ccc(-c2ccccc2)cc1. The van der Waals surface area contributed by atoms with Crippen LogP contribution in [0.25, 0.3) is 11.1 Å². The monoisotopic (exact) mass is 429 g/mol. The highest BCUT2D eigenvalue weighted by atomic mass is 19.4. The molecule has 0 heterocycles. The Balaban J connectivity index is 1.72. The smallest absolute Gasteiger partial charge is 0.444 e. The van der Waals surface area contributed by atoms with Crippen LogP contribution in [-0.4, -0.2) is 30.9 Å². The zero-order valence-electron chi connectivity index (χ0n) is 16.9. The van der Waals surface area contributed by atoms with Gasteiger partial charge in [0.1, 0.15) is 12.7 Å². The van der Waals surface area contributed by atoms with Gasteiger partial charge in [-0.05, 0) is 22.3 Å². The Morgan fingerprint density at radius 3 is 1.97 bits per heavy atom. The minimum absolute atomic E-state index is 0.254. The molecule has 0 aliphatic carbocycles. The summed E-state index contributed by atoms with van der Waals surface area (Å²) in [5.41, 5.74) is 3.03. The largest absolute Gasteiger partial charge is 0.489 e. The first-order valence-electron chi connectivity index (χ1n) is 9.61. The molecule has 0 saturated heterocycles. The van der Waals surface area contributed by atoms with Crippen LogP contribution >= 0.6 is 0 Å². The molecular weight excluding hydrogens is 407 g/mol. The Morgan fingerprint density at radius 1 is 0.871 bits per heavy atom. The Bertz CT molecular complexity index is 961. The van der Waals surface area contributed by atoms with E-state index in [0.717, 1.165) is 11.1 Å². The molecule has 3 rings (SSSR count). The number of hydrogen-bond acceptors (Lipinski definition) is 3. The number of amides is 1. The molecule has 0 bridgehead atoms. The van der Waals surface area contributed by atoms with E-state index < -0.39 is 25.0 Å². The van der Waals surface area contributed by atoms with Gasteiger partial charge in [0.25, 0.3) is 0 Å². The summed E-state index contributed by atoms with van der Waals surface area (Å²) in [7, 11) is 1.31. The van der Waals surface area contributed by atoms with Gasteiger partial charge in [-0.3, -0.25) is 0 Å². The maximum atomic E-state index is 13.6. The van der Waals surface area contributed by atoms with Gasteiger partial charge in [0.05, 0.1) is 6.54 Å². The highest BCUT2D eigenvalue weighted by molar-refractivity contribution is 5.68. The molecule has 31 heavy (non-hydrogen) atoms. The minimum atomic E-state index is -4.91. The molecule has 1 amide bonds. The molecule has 0 fully saturated rings. The average molecular weight is 429 g/mol. The van der Waals surface area contributed by atoms with Crippen molar-refractivity contribution in [2.45, 2.75) is 19.0 Å². The van der Waals surface area contributed by atoms with Crippen molar-refractivity contribution in [1.29, 1.82) is 0 Å². The summed E-state index contributed by atoms with van der Waals surface area (Å²) in [6.45, 7) is -0.978. The topological polar surface area (TPSA) is 38.8 Å². The minimum Gasteiger partial charge on any atom is -0.444 e. The molecule has 0 aromatic heterocycles. The van der Waals surface area contributed by atoms with Gasteiger partial charge in [0.15, 0.2) is 0 Å². The van der Waals surface area contributed by atoms with Crippen molar-refractivity contribution >= 4 is 6.09 Å². The number of hydrogen-bond donors (Lipinski definition) is 0. The third-order valence-electron chi connectivity index (χ3n) is 4.75. The van der Waals surface area contributed by atoms with E-state index in [4.69, 9.17) is 9.47 Å². The van der Waals surface area contributed by atoms with Crippen LogP contribution in [0.15, 0.2) is 84.9 Å². The highest BCUT2D eigenvalue weighted by Gasteiger charge is 2.43. The number of carbonyl (C=O) groups excluding carboxylic acids is 1.